The van der Waals surface area contributed by atoms with E-state index in [2.05, 4.69) is 29.6 Å². The average molecular weight is 551 g/mol. The third kappa shape index (κ3) is 4.73. The third-order valence-corrected chi connectivity index (χ3v) is 8.91. The van der Waals surface area contributed by atoms with Crippen LogP contribution in [-0.4, -0.2) is 41.7 Å². The lowest BCUT2D eigenvalue weighted by Crippen LogP contribution is -2.41. The van der Waals surface area contributed by atoms with Crippen LogP contribution in [0, 0.1) is 25.7 Å². The molecule has 0 radical (unpaired) electrons. The second-order valence-corrected chi connectivity index (χ2v) is 11.4. The van der Waals surface area contributed by atoms with Crippen LogP contribution in [0.2, 0.25) is 0 Å². The van der Waals surface area contributed by atoms with Crippen molar-refractivity contribution in [2.75, 3.05) is 18.5 Å². The number of benzene rings is 3. The Kier molecular flexibility index (Phi) is 7.20. The minimum atomic E-state index is -0.437. The Morgan fingerprint density at radius 3 is 1.76 bits per heavy atom. The number of imide groups is 1. The maximum absolute atomic E-state index is 13.6. The molecule has 0 unspecified atom stereocenters. The van der Waals surface area contributed by atoms with Gasteiger partial charge < -0.3 is 10.1 Å². The molecular formula is C34H34N2O5. The maximum atomic E-state index is 13.6. The molecule has 7 rings (SSSR count). The highest BCUT2D eigenvalue weighted by molar-refractivity contribution is 6.07. The summed E-state index contributed by atoms with van der Waals surface area (Å²) in [7, 11) is 0. The number of unbranched alkanes of at least 4 members (excludes halogenated alkanes) is 2. The predicted molar refractivity (Wildman–Crippen MR) is 154 cm³/mol. The van der Waals surface area contributed by atoms with E-state index in [0.717, 1.165) is 16.8 Å². The number of para-hydroxylation sites is 1. The van der Waals surface area contributed by atoms with Gasteiger partial charge in [-0.3, -0.25) is 24.1 Å². The molecule has 0 saturated carbocycles. The number of esters is 1. The van der Waals surface area contributed by atoms with E-state index in [1.54, 1.807) is 0 Å². The molecule has 1 aliphatic heterocycles. The molecule has 4 aliphatic rings. The number of carbonyl (C=O) groups is 4. The van der Waals surface area contributed by atoms with E-state index in [1.807, 2.05) is 56.3 Å². The zero-order chi connectivity index (χ0) is 28.7. The molecule has 0 aromatic heterocycles. The Morgan fingerprint density at radius 2 is 1.24 bits per heavy atom. The summed E-state index contributed by atoms with van der Waals surface area (Å²) in [6.07, 6.45) is 2.02. The lowest BCUT2D eigenvalue weighted by Gasteiger charge is -2.45. The van der Waals surface area contributed by atoms with E-state index in [1.165, 1.54) is 27.2 Å². The number of aryl methyl sites for hydroxylation is 2. The van der Waals surface area contributed by atoms with Gasteiger partial charge in [-0.25, -0.2) is 0 Å². The molecule has 7 heteroatoms. The van der Waals surface area contributed by atoms with Crippen molar-refractivity contribution in [3.8, 4) is 0 Å². The maximum Gasteiger partial charge on any atom is 0.306 e. The van der Waals surface area contributed by atoms with Gasteiger partial charge in [-0.05, 0) is 60.1 Å². The molecule has 7 nitrogen and oxygen atoms in total. The van der Waals surface area contributed by atoms with Crippen molar-refractivity contribution in [3.05, 3.63) is 100 Å². The molecule has 1 heterocycles. The molecule has 1 saturated heterocycles. The van der Waals surface area contributed by atoms with E-state index in [-0.39, 0.29) is 54.4 Å². The number of hydrogen-bond donors (Lipinski definition) is 1. The number of amides is 3. The number of nitrogens with zero attached hydrogens (tertiary/aromatic N) is 1. The minimum Gasteiger partial charge on any atom is -0.456 e. The zero-order valence-electron chi connectivity index (χ0n) is 23.4. The Hall–Kier alpha value is -4.26. The van der Waals surface area contributed by atoms with Gasteiger partial charge in [-0.15, -0.1) is 0 Å². The first-order chi connectivity index (χ1) is 19.9. The van der Waals surface area contributed by atoms with Gasteiger partial charge in [0.15, 0.2) is 6.61 Å². The van der Waals surface area contributed by atoms with Crippen LogP contribution in [0.4, 0.5) is 5.69 Å². The van der Waals surface area contributed by atoms with Crippen molar-refractivity contribution >= 4 is 29.4 Å². The van der Waals surface area contributed by atoms with Gasteiger partial charge in [0, 0.05) is 30.5 Å². The summed E-state index contributed by atoms with van der Waals surface area (Å²) in [5.74, 6) is -1.87. The van der Waals surface area contributed by atoms with Crippen LogP contribution in [0.1, 0.15) is 70.9 Å². The van der Waals surface area contributed by atoms with Crippen LogP contribution in [0.3, 0.4) is 0 Å². The van der Waals surface area contributed by atoms with Gasteiger partial charge in [-0.1, -0.05) is 73.2 Å². The SMILES string of the molecule is Cc1cccc(C)c1NC(=O)COC(=O)CCCCCN1C(=O)[C@@H]2C3c4ccccc4C(c4ccccc43)[C@H]2C1=O. The number of carbonyl (C=O) groups excluding carboxylic acids is 4. The fraction of sp³-hybridized carbons (Fsp3) is 0.353. The van der Waals surface area contributed by atoms with Crippen LogP contribution < -0.4 is 5.32 Å². The van der Waals surface area contributed by atoms with E-state index in [9.17, 15) is 19.2 Å². The highest BCUT2D eigenvalue weighted by Gasteiger charge is 2.61. The molecule has 41 heavy (non-hydrogen) atoms. The van der Waals surface area contributed by atoms with Gasteiger partial charge in [0.05, 0.1) is 11.8 Å². The fourth-order valence-electron chi connectivity index (χ4n) is 7.08. The Balaban J connectivity index is 1.00. The lowest BCUT2D eigenvalue weighted by molar-refractivity contribution is -0.147. The van der Waals surface area contributed by atoms with Crippen molar-refractivity contribution in [1.29, 1.82) is 0 Å². The monoisotopic (exact) mass is 550 g/mol. The van der Waals surface area contributed by atoms with Crippen molar-refractivity contribution in [1.82, 2.24) is 4.90 Å². The summed E-state index contributed by atoms with van der Waals surface area (Å²) in [4.78, 5) is 53.2. The quantitative estimate of drug-likeness (QED) is 0.224. The van der Waals surface area contributed by atoms with E-state index in [0.29, 0.717) is 25.8 Å². The van der Waals surface area contributed by atoms with Gasteiger partial charge in [0.2, 0.25) is 11.8 Å². The standard InChI is InChI=1S/C34H34N2O5/c1-20-11-10-12-21(2)32(20)35-26(37)19-41-27(38)17-4-3-9-18-36-33(39)30-28-22-13-5-6-14-23(22)29(31(30)34(36)40)25-16-8-7-15-24(25)28/h5-8,10-16,28-31H,3-4,9,17-19H2,1-2H3,(H,35,37)/t28?,29?,30-,31-/m1/s1. The lowest BCUT2D eigenvalue weighted by atomic mass is 9.55. The van der Waals surface area contributed by atoms with Gasteiger partial charge >= 0.3 is 5.97 Å². The molecule has 2 atom stereocenters. The van der Waals surface area contributed by atoms with Crippen molar-refractivity contribution in [3.63, 3.8) is 0 Å². The van der Waals surface area contributed by atoms with Gasteiger partial charge in [0.1, 0.15) is 0 Å². The third-order valence-electron chi connectivity index (χ3n) is 8.91. The van der Waals surface area contributed by atoms with Gasteiger partial charge in [0.25, 0.3) is 5.91 Å². The van der Waals surface area contributed by atoms with Crippen LogP contribution in [0.15, 0.2) is 66.7 Å². The minimum absolute atomic E-state index is 0.0756. The number of ether oxygens (including phenoxy) is 1. The second-order valence-electron chi connectivity index (χ2n) is 11.4. The highest BCUT2D eigenvalue weighted by atomic mass is 16.5. The number of anilines is 1. The van der Waals surface area contributed by atoms with E-state index >= 15 is 0 Å². The molecular weight excluding hydrogens is 516 g/mol. The highest BCUT2D eigenvalue weighted by Crippen LogP contribution is 2.60. The smallest absolute Gasteiger partial charge is 0.306 e. The first kappa shape index (κ1) is 26.9. The summed E-state index contributed by atoms with van der Waals surface area (Å²) < 4.78 is 5.16. The Bertz CT molecular complexity index is 1410. The molecule has 1 N–H and O–H groups in total. The molecule has 210 valence electrons. The first-order valence-electron chi connectivity index (χ1n) is 14.4. The number of nitrogens with one attached hydrogen (secondary N) is 1. The van der Waals surface area contributed by atoms with Crippen LogP contribution in [0.5, 0.6) is 0 Å². The summed E-state index contributed by atoms with van der Waals surface area (Å²) >= 11 is 0. The molecule has 3 amide bonds. The van der Waals surface area contributed by atoms with Crippen molar-refractivity contribution in [2.45, 2.75) is 51.4 Å². The normalized spacial score (nSPS) is 21.8. The summed E-state index contributed by atoms with van der Waals surface area (Å²) in [6, 6.07) is 22.2. The number of likely N-dealkylation sites (tertiary alicyclic amines) is 1. The van der Waals surface area contributed by atoms with Crippen LogP contribution >= 0.6 is 0 Å². The van der Waals surface area contributed by atoms with E-state index in [4.69, 9.17) is 4.74 Å². The van der Waals surface area contributed by atoms with Gasteiger partial charge in [-0.2, -0.15) is 0 Å². The summed E-state index contributed by atoms with van der Waals surface area (Å²) in [5.41, 5.74) is 7.30. The average Bonchev–Trinajstić information content (AvgIpc) is 3.23. The second kappa shape index (κ2) is 11.0. The number of rotatable bonds is 9. The summed E-state index contributed by atoms with van der Waals surface area (Å²) in [5, 5.41) is 2.81. The molecule has 2 bridgehead atoms. The van der Waals surface area contributed by atoms with Crippen molar-refractivity contribution in [2.24, 2.45) is 11.8 Å². The van der Waals surface area contributed by atoms with Crippen molar-refractivity contribution < 1.29 is 23.9 Å². The molecule has 3 aromatic rings. The van der Waals surface area contributed by atoms with Crippen LogP contribution in [0.25, 0.3) is 0 Å². The summed E-state index contributed by atoms with van der Waals surface area (Å²) in [6.45, 7) is 3.84. The van der Waals surface area contributed by atoms with E-state index < -0.39 is 5.97 Å². The number of hydrogen-bond acceptors (Lipinski definition) is 5. The topological polar surface area (TPSA) is 92.8 Å². The largest absolute Gasteiger partial charge is 0.456 e. The Morgan fingerprint density at radius 1 is 0.732 bits per heavy atom. The zero-order valence-corrected chi connectivity index (χ0v) is 23.4. The molecule has 1 fully saturated rings. The first-order valence-corrected chi connectivity index (χ1v) is 14.4. The molecule has 3 aromatic carbocycles. The molecule has 0 spiro atoms. The van der Waals surface area contributed by atoms with Crippen LogP contribution in [-0.2, 0) is 23.9 Å². The predicted octanol–water partition coefficient (Wildman–Crippen LogP) is 5.24. The molecule has 3 aliphatic carbocycles. The fourth-order valence-corrected chi connectivity index (χ4v) is 7.08. The Labute approximate surface area is 239 Å².